The number of fused-ring (bicyclic) bond motifs is 1. The van der Waals surface area contributed by atoms with E-state index in [1.54, 1.807) is 30.3 Å². The highest BCUT2D eigenvalue weighted by atomic mass is 16.3. The molecule has 2 heterocycles. The summed E-state index contributed by atoms with van der Waals surface area (Å²) in [6.45, 7) is 0.136. The zero-order valence-electron chi connectivity index (χ0n) is 14.8. The Balaban J connectivity index is 1.68. The van der Waals surface area contributed by atoms with E-state index in [-0.39, 0.29) is 24.0 Å². The Labute approximate surface area is 156 Å². The number of carbonyl (C=O) groups excluding carboxylic acids is 2. The second-order valence-electron chi connectivity index (χ2n) is 6.28. The van der Waals surface area contributed by atoms with E-state index in [4.69, 9.17) is 4.42 Å². The molecule has 0 bridgehead atoms. The van der Waals surface area contributed by atoms with Crippen molar-refractivity contribution in [2.24, 2.45) is 0 Å². The lowest BCUT2D eigenvalue weighted by Gasteiger charge is -2.18. The van der Waals surface area contributed by atoms with Crippen molar-refractivity contribution in [3.63, 3.8) is 0 Å². The van der Waals surface area contributed by atoms with E-state index in [9.17, 15) is 9.59 Å². The minimum Gasteiger partial charge on any atom is -0.461 e. The standard InChI is InChI=1S/C22H18N2O3/c1-23(16-8-3-2-4-9-16)21(25)15-24-14-18(17-10-5-6-11-19(17)24)22(26)20-12-7-13-27-20/h2-14H,15H2,1H3. The molecule has 0 aliphatic heterocycles. The number of furan rings is 1. The molecular weight excluding hydrogens is 340 g/mol. The highest BCUT2D eigenvalue weighted by Crippen LogP contribution is 2.24. The number of nitrogens with zero attached hydrogens (tertiary/aromatic N) is 2. The number of amides is 1. The lowest BCUT2D eigenvalue weighted by Crippen LogP contribution is -2.29. The van der Waals surface area contributed by atoms with Crippen molar-refractivity contribution in [2.45, 2.75) is 6.54 Å². The van der Waals surface area contributed by atoms with Crippen molar-refractivity contribution in [2.75, 3.05) is 11.9 Å². The molecule has 0 saturated carbocycles. The third kappa shape index (κ3) is 3.15. The molecular formula is C22H18N2O3. The minimum atomic E-state index is -0.196. The molecule has 1 amide bonds. The van der Waals surface area contributed by atoms with Crippen LogP contribution < -0.4 is 4.90 Å². The number of likely N-dealkylation sites (N-methyl/N-ethyl adjacent to an activating group) is 1. The second-order valence-corrected chi connectivity index (χ2v) is 6.28. The molecule has 4 rings (SSSR count). The molecule has 2 aromatic heterocycles. The first kappa shape index (κ1) is 16.8. The van der Waals surface area contributed by atoms with Gasteiger partial charge in [-0.25, -0.2) is 0 Å². The Morgan fingerprint density at radius 2 is 1.70 bits per heavy atom. The SMILES string of the molecule is CN(C(=O)Cn1cc(C(=O)c2ccco2)c2ccccc21)c1ccccc1. The van der Waals surface area contributed by atoms with Gasteiger partial charge in [0, 0.05) is 29.8 Å². The lowest BCUT2D eigenvalue weighted by atomic mass is 10.1. The van der Waals surface area contributed by atoms with Crippen molar-refractivity contribution < 1.29 is 14.0 Å². The molecule has 0 aliphatic rings. The Hall–Kier alpha value is -3.60. The molecule has 0 fully saturated rings. The van der Waals surface area contributed by atoms with Crippen LogP contribution in [0.25, 0.3) is 10.9 Å². The van der Waals surface area contributed by atoms with E-state index < -0.39 is 0 Å². The number of hydrogen-bond donors (Lipinski definition) is 0. The van der Waals surface area contributed by atoms with Crippen LogP contribution in [0.4, 0.5) is 5.69 Å². The van der Waals surface area contributed by atoms with Crippen molar-refractivity contribution in [3.05, 3.63) is 90.5 Å². The Bertz CT molecular complexity index is 1100. The fraction of sp³-hybridized carbons (Fsp3) is 0.0909. The molecule has 5 nitrogen and oxygen atoms in total. The fourth-order valence-corrected chi connectivity index (χ4v) is 3.15. The van der Waals surface area contributed by atoms with Crippen LogP contribution in [0.5, 0.6) is 0 Å². The number of aromatic nitrogens is 1. The van der Waals surface area contributed by atoms with Gasteiger partial charge in [0.25, 0.3) is 0 Å². The molecule has 0 N–H and O–H groups in total. The summed E-state index contributed by atoms with van der Waals surface area (Å²) in [4.78, 5) is 27.2. The number of anilines is 1. The number of rotatable bonds is 5. The number of para-hydroxylation sites is 2. The van der Waals surface area contributed by atoms with E-state index in [1.807, 2.05) is 59.2 Å². The maximum Gasteiger partial charge on any atom is 0.246 e. The summed E-state index contributed by atoms with van der Waals surface area (Å²) in [7, 11) is 1.75. The summed E-state index contributed by atoms with van der Waals surface area (Å²) >= 11 is 0. The van der Waals surface area contributed by atoms with Gasteiger partial charge in [0.15, 0.2) is 5.76 Å². The van der Waals surface area contributed by atoms with Gasteiger partial charge < -0.3 is 13.9 Å². The first-order valence-electron chi connectivity index (χ1n) is 8.63. The number of carbonyl (C=O) groups is 2. The molecule has 4 aromatic rings. The van der Waals surface area contributed by atoms with Crippen LogP contribution in [0, 0.1) is 0 Å². The monoisotopic (exact) mass is 358 g/mol. The summed E-state index contributed by atoms with van der Waals surface area (Å²) in [6, 6.07) is 20.4. The zero-order valence-corrected chi connectivity index (χ0v) is 14.8. The molecule has 0 saturated heterocycles. The maximum atomic E-state index is 12.8. The highest BCUT2D eigenvalue weighted by Gasteiger charge is 2.20. The minimum absolute atomic E-state index is 0.0704. The first-order valence-corrected chi connectivity index (χ1v) is 8.63. The largest absolute Gasteiger partial charge is 0.461 e. The van der Waals surface area contributed by atoms with E-state index in [0.29, 0.717) is 5.56 Å². The van der Waals surface area contributed by atoms with E-state index >= 15 is 0 Å². The third-order valence-electron chi connectivity index (χ3n) is 4.60. The Kier molecular flexibility index (Phi) is 4.34. The highest BCUT2D eigenvalue weighted by molar-refractivity contribution is 6.15. The number of hydrogen-bond acceptors (Lipinski definition) is 3. The van der Waals surface area contributed by atoms with Gasteiger partial charge in [-0.1, -0.05) is 36.4 Å². The lowest BCUT2D eigenvalue weighted by molar-refractivity contribution is -0.118. The predicted octanol–water partition coefficient (Wildman–Crippen LogP) is 4.13. The quantitative estimate of drug-likeness (QED) is 0.504. The topological polar surface area (TPSA) is 55.5 Å². The molecule has 5 heteroatoms. The van der Waals surface area contributed by atoms with Crippen LogP contribution >= 0.6 is 0 Å². The summed E-state index contributed by atoms with van der Waals surface area (Å²) in [5, 5.41) is 0.800. The van der Waals surface area contributed by atoms with Gasteiger partial charge in [0.1, 0.15) is 6.54 Å². The average molecular weight is 358 g/mol. The van der Waals surface area contributed by atoms with Gasteiger partial charge in [0.2, 0.25) is 11.7 Å². The van der Waals surface area contributed by atoms with Crippen molar-refractivity contribution in [1.29, 1.82) is 0 Å². The second kappa shape index (κ2) is 6.96. The van der Waals surface area contributed by atoms with Crippen LogP contribution in [0.1, 0.15) is 16.1 Å². The molecule has 0 unspecified atom stereocenters. The van der Waals surface area contributed by atoms with Crippen LogP contribution in [0.3, 0.4) is 0 Å². The van der Waals surface area contributed by atoms with Crippen LogP contribution in [-0.4, -0.2) is 23.3 Å². The zero-order chi connectivity index (χ0) is 18.8. The molecule has 27 heavy (non-hydrogen) atoms. The van der Waals surface area contributed by atoms with E-state index in [0.717, 1.165) is 16.6 Å². The van der Waals surface area contributed by atoms with Gasteiger partial charge in [0.05, 0.1) is 11.8 Å². The van der Waals surface area contributed by atoms with Crippen molar-refractivity contribution >= 4 is 28.3 Å². The molecule has 0 atom stereocenters. The van der Waals surface area contributed by atoms with E-state index in [2.05, 4.69) is 0 Å². The van der Waals surface area contributed by atoms with Crippen LogP contribution in [-0.2, 0) is 11.3 Å². The fourth-order valence-electron chi connectivity index (χ4n) is 3.15. The molecule has 2 aromatic carbocycles. The number of ketones is 1. The van der Waals surface area contributed by atoms with Crippen molar-refractivity contribution in [3.8, 4) is 0 Å². The van der Waals surface area contributed by atoms with Crippen LogP contribution in [0.2, 0.25) is 0 Å². The molecule has 0 aliphatic carbocycles. The van der Waals surface area contributed by atoms with Gasteiger partial charge in [-0.3, -0.25) is 9.59 Å². The third-order valence-corrected chi connectivity index (χ3v) is 4.60. The summed E-state index contributed by atoms with van der Waals surface area (Å²) in [5.74, 6) is 0.0170. The average Bonchev–Trinajstić information content (AvgIpc) is 3.36. The summed E-state index contributed by atoms with van der Waals surface area (Å²) in [5.41, 5.74) is 2.18. The van der Waals surface area contributed by atoms with Gasteiger partial charge >= 0.3 is 0 Å². The first-order chi connectivity index (χ1) is 13.1. The number of benzene rings is 2. The molecule has 0 radical (unpaired) electrons. The van der Waals surface area contributed by atoms with Crippen molar-refractivity contribution in [1.82, 2.24) is 4.57 Å². The Morgan fingerprint density at radius 3 is 2.44 bits per heavy atom. The summed E-state index contributed by atoms with van der Waals surface area (Å²) < 4.78 is 7.06. The van der Waals surface area contributed by atoms with E-state index in [1.165, 1.54) is 6.26 Å². The van der Waals surface area contributed by atoms with Gasteiger partial charge in [-0.15, -0.1) is 0 Å². The maximum absolute atomic E-state index is 12.8. The van der Waals surface area contributed by atoms with Crippen LogP contribution in [0.15, 0.2) is 83.6 Å². The predicted molar refractivity (Wildman–Crippen MR) is 104 cm³/mol. The van der Waals surface area contributed by atoms with Gasteiger partial charge in [-0.2, -0.15) is 0 Å². The normalized spacial score (nSPS) is 10.9. The molecule has 134 valence electrons. The smallest absolute Gasteiger partial charge is 0.246 e. The molecule has 0 spiro atoms. The van der Waals surface area contributed by atoms with Gasteiger partial charge in [-0.05, 0) is 30.3 Å². The summed E-state index contributed by atoms with van der Waals surface area (Å²) in [6.07, 6.45) is 3.21. The Morgan fingerprint density at radius 1 is 0.963 bits per heavy atom.